The van der Waals surface area contributed by atoms with Gasteiger partial charge in [0.05, 0.1) is 16.8 Å². The number of hydrogen-bond acceptors (Lipinski definition) is 3. The second-order valence-corrected chi connectivity index (χ2v) is 4.67. The Balaban J connectivity index is 2.45. The fourth-order valence-electron chi connectivity index (χ4n) is 2.11. The number of benzene rings is 1. The molecule has 1 heterocycles. The van der Waals surface area contributed by atoms with Gasteiger partial charge in [0, 0.05) is 18.0 Å². The van der Waals surface area contributed by atoms with Crippen molar-refractivity contribution in [1.29, 1.82) is 0 Å². The monoisotopic (exact) mass is 290 g/mol. The molecule has 0 aliphatic heterocycles. The molecule has 6 heteroatoms. The molecule has 1 N–H and O–H groups in total. The number of rotatable bonds is 4. The van der Waals surface area contributed by atoms with Crippen molar-refractivity contribution in [3.8, 4) is 0 Å². The van der Waals surface area contributed by atoms with Gasteiger partial charge in [0.2, 0.25) is 0 Å². The highest BCUT2D eigenvalue weighted by Crippen LogP contribution is 2.19. The van der Waals surface area contributed by atoms with E-state index >= 15 is 0 Å². The van der Waals surface area contributed by atoms with E-state index in [9.17, 15) is 14.0 Å². The molecule has 2 rings (SSSR count). The van der Waals surface area contributed by atoms with Crippen LogP contribution in [0.25, 0.3) is 10.9 Å². The number of hydrogen-bond donors (Lipinski definition) is 1. The van der Waals surface area contributed by atoms with E-state index in [-0.39, 0.29) is 13.1 Å². The van der Waals surface area contributed by atoms with E-state index in [0.29, 0.717) is 22.2 Å². The van der Waals surface area contributed by atoms with Crippen LogP contribution in [0.5, 0.6) is 0 Å². The van der Waals surface area contributed by atoms with Crippen LogP contribution in [0.3, 0.4) is 0 Å². The Labute approximate surface area is 121 Å². The van der Waals surface area contributed by atoms with E-state index in [0.717, 1.165) is 0 Å². The van der Waals surface area contributed by atoms with Crippen LogP contribution in [-0.4, -0.2) is 40.0 Å². The van der Waals surface area contributed by atoms with E-state index in [1.807, 2.05) is 0 Å². The number of aryl methyl sites for hydroxylation is 1. The molecule has 0 atom stereocenters. The molecule has 2 aromatic rings. The third-order valence-corrected chi connectivity index (χ3v) is 3.20. The summed E-state index contributed by atoms with van der Waals surface area (Å²) in [6.45, 7) is 3.27. The Hall–Kier alpha value is -2.50. The number of carboxylic acids is 1. The maximum Gasteiger partial charge on any atom is 0.323 e. The summed E-state index contributed by atoms with van der Waals surface area (Å²) < 4.78 is 13.2. The van der Waals surface area contributed by atoms with Gasteiger partial charge in [-0.3, -0.25) is 14.6 Å². The number of pyridine rings is 1. The molecule has 1 aromatic heterocycles. The van der Waals surface area contributed by atoms with Crippen molar-refractivity contribution in [1.82, 2.24) is 9.88 Å². The maximum absolute atomic E-state index is 13.2. The Morgan fingerprint density at radius 1 is 1.33 bits per heavy atom. The van der Waals surface area contributed by atoms with Gasteiger partial charge in [-0.2, -0.15) is 0 Å². The summed E-state index contributed by atoms with van der Waals surface area (Å²) in [5.74, 6) is -1.86. The zero-order chi connectivity index (χ0) is 15.6. The van der Waals surface area contributed by atoms with E-state index in [4.69, 9.17) is 5.11 Å². The summed E-state index contributed by atoms with van der Waals surface area (Å²) in [7, 11) is 0. The van der Waals surface area contributed by atoms with Crippen molar-refractivity contribution in [3.05, 3.63) is 41.3 Å². The van der Waals surface area contributed by atoms with Crippen LogP contribution in [0.1, 0.15) is 23.0 Å². The van der Waals surface area contributed by atoms with E-state index < -0.39 is 17.7 Å². The van der Waals surface area contributed by atoms with Gasteiger partial charge in [-0.25, -0.2) is 4.39 Å². The number of fused-ring (bicyclic) bond motifs is 1. The van der Waals surface area contributed by atoms with Gasteiger partial charge < -0.3 is 10.0 Å². The largest absolute Gasteiger partial charge is 0.480 e. The molecule has 1 amide bonds. The Morgan fingerprint density at radius 3 is 2.67 bits per heavy atom. The molecule has 0 saturated carbocycles. The molecule has 0 bridgehead atoms. The molecule has 0 saturated heterocycles. The topological polar surface area (TPSA) is 70.5 Å². The number of aromatic nitrogens is 1. The number of carboxylic acid groups (broad SMARTS) is 1. The van der Waals surface area contributed by atoms with Crippen molar-refractivity contribution >= 4 is 22.8 Å². The standard InChI is InChI=1S/C15H15FN2O3/c1-3-18(8-14(19)20)15(21)12-6-10-4-5-11(16)7-13(10)17-9(12)2/h4-7H,3,8H2,1-2H3,(H,19,20). The molecule has 21 heavy (non-hydrogen) atoms. The molecule has 0 spiro atoms. The van der Waals surface area contributed by atoms with Gasteiger partial charge in [-0.15, -0.1) is 0 Å². The summed E-state index contributed by atoms with van der Waals surface area (Å²) in [4.78, 5) is 28.6. The fourth-order valence-corrected chi connectivity index (χ4v) is 2.11. The van der Waals surface area contributed by atoms with Gasteiger partial charge >= 0.3 is 5.97 Å². The molecule has 0 aliphatic carbocycles. The number of amides is 1. The van der Waals surface area contributed by atoms with Crippen LogP contribution in [-0.2, 0) is 4.79 Å². The first kappa shape index (κ1) is 14.9. The van der Waals surface area contributed by atoms with Crippen LogP contribution >= 0.6 is 0 Å². The minimum Gasteiger partial charge on any atom is -0.480 e. The second kappa shape index (κ2) is 5.87. The molecule has 0 aliphatic rings. The number of likely N-dealkylation sites (N-methyl/N-ethyl adjacent to an activating group) is 1. The molecule has 0 unspecified atom stereocenters. The number of nitrogens with zero attached hydrogens (tertiary/aromatic N) is 2. The zero-order valence-corrected chi connectivity index (χ0v) is 11.8. The summed E-state index contributed by atoms with van der Waals surface area (Å²) >= 11 is 0. The van der Waals surface area contributed by atoms with Crippen LogP contribution in [0.2, 0.25) is 0 Å². The first-order valence-electron chi connectivity index (χ1n) is 6.50. The van der Waals surface area contributed by atoms with Gasteiger partial charge in [0.15, 0.2) is 0 Å². The average molecular weight is 290 g/mol. The first-order chi connectivity index (χ1) is 9.92. The molecule has 1 aromatic carbocycles. The Morgan fingerprint density at radius 2 is 2.05 bits per heavy atom. The van der Waals surface area contributed by atoms with E-state index in [2.05, 4.69) is 4.98 Å². The minimum atomic E-state index is -1.07. The molecular weight excluding hydrogens is 275 g/mol. The van der Waals surface area contributed by atoms with Gasteiger partial charge in [0.25, 0.3) is 5.91 Å². The van der Waals surface area contributed by atoms with Gasteiger partial charge in [0.1, 0.15) is 12.4 Å². The lowest BCUT2D eigenvalue weighted by atomic mass is 10.1. The number of carbonyl (C=O) groups is 2. The maximum atomic E-state index is 13.2. The minimum absolute atomic E-state index is 0.284. The molecular formula is C15H15FN2O3. The van der Waals surface area contributed by atoms with Crippen LogP contribution < -0.4 is 0 Å². The smallest absolute Gasteiger partial charge is 0.323 e. The van der Waals surface area contributed by atoms with Gasteiger partial charge in [-0.1, -0.05) is 0 Å². The third kappa shape index (κ3) is 3.16. The second-order valence-electron chi connectivity index (χ2n) is 4.67. The van der Waals surface area contributed by atoms with Crippen molar-refractivity contribution in [3.63, 3.8) is 0 Å². The van der Waals surface area contributed by atoms with Crippen molar-refractivity contribution in [2.75, 3.05) is 13.1 Å². The lowest BCUT2D eigenvalue weighted by Gasteiger charge is -2.19. The predicted molar refractivity (Wildman–Crippen MR) is 75.7 cm³/mol. The zero-order valence-electron chi connectivity index (χ0n) is 11.8. The fraction of sp³-hybridized carbons (Fsp3) is 0.267. The molecule has 110 valence electrons. The van der Waals surface area contributed by atoms with Crippen molar-refractivity contribution in [2.24, 2.45) is 0 Å². The summed E-state index contributed by atoms with van der Waals surface area (Å²) in [6, 6.07) is 5.75. The number of carbonyl (C=O) groups excluding carboxylic acids is 1. The Bertz CT molecular complexity index is 715. The lowest BCUT2D eigenvalue weighted by Crippen LogP contribution is -2.35. The summed E-state index contributed by atoms with van der Waals surface area (Å²) in [5.41, 5.74) is 1.24. The highest BCUT2D eigenvalue weighted by Gasteiger charge is 2.19. The summed E-state index contributed by atoms with van der Waals surface area (Å²) in [5, 5.41) is 9.47. The predicted octanol–water partition coefficient (Wildman–Crippen LogP) is 2.23. The van der Waals surface area contributed by atoms with Crippen molar-refractivity contribution < 1.29 is 19.1 Å². The highest BCUT2D eigenvalue weighted by molar-refractivity contribution is 5.99. The Kier molecular flexibility index (Phi) is 4.16. The van der Waals surface area contributed by atoms with Crippen LogP contribution in [0.15, 0.2) is 24.3 Å². The number of halogens is 1. The number of aliphatic carboxylic acids is 1. The lowest BCUT2D eigenvalue weighted by molar-refractivity contribution is -0.137. The van der Waals surface area contributed by atoms with E-state index in [1.54, 1.807) is 26.0 Å². The third-order valence-electron chi connectivity index (χ3n) is 3.20. The van der Waals surface area contributed by atoms with E-state index in [1.165, 1.54) is 17.0 Å². The van der Waals surface area contributed by atoms with Gasteiger partial charge in [-0.05, 0) is 32.0 Å². The highest BCUT2D eigenvalue weighted by atomic mass is 19.1. The van der Waals surface area contributed by atoms with Crippen molar-refractivity contribution in [2.45, 2.75) is 13.8 Å². The summed E-state index contributed by atoms with van der Waals surface area (Å²) in [6.07, 6.45) is 0. The molecule has 0 radical (unpaired) electrons. The average Bonchev–Trinajstić information content (AvgIpc) is 2.43. The van der Waals surface area contributed by atoms with Crippen LogP contribution in [0.4, 0.5) is 4.39 Å². The quantitative estimate of drug-likeness (QED) is 0.937. The normalized spacial score (nSPS) is 10.6. The van der Waals surface area contributed by atoms with Crippen LogP contribution in [0, 0.1) is 12.7 Å². The first-order valence-corrected chi connectivity index (χ1v) is 6.50. The molecule has 0 fully saturated rings. The SMILES string of the molecule is CCN(CC(=O)O)C(=O)c1cc2ccc(F)cc2nc1C. The molecule has 5 nitrogen and oxygen atoms in total.